The Morgan fingerprint density at radius 3 is 3.06 bits per heavy atom. The summed E-state index contributed by atoms with van der Waals surface area (Å²) < 4.78 is 13.2. The molecule has 0 radical (unpaired) electrons. The summed E-state index contributed by atoms with van der Waals surface area (Å²) in [5.41, 5.74) is -0.0426. The number of aliphatic hydroxyl groups excluding tert-OH is 1. The van der Waals surface area contributed by atoms with E-state index in [0.717, 1.165) is 11.3 Å². The van der Waals surface area contributed by atoms with Crippen molar-refractivity contribution in [3.8, 4) is 0 Å². The first kappa shape index (κ1) is 11.3. The maximum atomic E-state index is 13.2. The van der Waals surface area contributed by atoms with Crippen LogP contribution in [0, 0.1) is 0 Å². The zero-order valence-electron chi connectivity index (χ0n) is 8.34. The van der Waals surface area contributed by atoms with Crippen LogP contribution >= 0.6 is 11.3 Å². The number of aliphatic hydroxyl groups is 1. The first-order valence-electron chi connectivity index (χ1n) is 4.82. The van der Waals surface area contributed by atoms with E-state index in [1.165, 1.54) is 5.38 Å². The lowest BCUT2D eigenvalue weighted by Gasteiger charge is -2.21. The van der Waals surface area contributed by atoms with E-state index in [1.54, 1.807) is 4.90 Å². The third kappa shape index (κ3) is 2.00. The summed E-state index contributed by atoms with van der Waals surface area (Å²) in [6.07, 6.45) is -0.729. The highest BCUT2D eigenvalue weighted by molar-refractivity contribution is 7.13. The van der Waals surface area contributed by atoms with Gasteiger partial charge in [0.25, 0.3) is 0 Å². The average molecular weight is 246 g/mol. The number of nitrogens with zero attached hydrogens (tertiary/aromatic N) is 2. The van der Waals surface area contributed by atoms with Gasteiger partial charge in [-0.25, -0.2) is 14.2 Å². The molecule has 1 aliphatic rings. The number of halogens is 1. The summed E-state index contributed by atoms with van der Waals surface area (Å²) in [5.74, 6) is -1.10. The molecule has 0 unspecified atom stereocenters. The molecule has 2 N–H and O–H groups in total. The number of carbonyl (C=O) groups is 1. The Balaban J connectivity index is 2.19. The van der Waals surface area contributed by atoms with E-state index in [2.05, 4.69) is 4.98 Å². The van der Waals surface area contributed by atoms with Crippen LogP contribution in [0.15, 0.2) is 5.38 Å². The van der Waals surface area contributed by atoms with Gasteiger partial charge in [0.1, 0.15) is 6.17 Å². The molecule has 0 spiro atoms. The molecular formula is C9H11FN2O3S. The van der Waals surface area contributed by atoms with Crippen molar-refractivity contribution in [2.24, 2.45) is 0 Å². The van der Waals surface area contributed by atoms with E-state index in [1.807, 2.05) is 0 Å². The molecule has 0 amide bonds. The molecule has 2 atom stereocenters. The van der Waals surface area contributed by atoms with Gasteiger partial charge < -0.3 is 15.1 Å². The predicted octanol–water partition coefficient (Wildman–Crippen LogP) is 0.750. The smallest absolute Gasteiger partial charge is 0.355 e. The number of hydrogen-bond donors (Lipinski definition) is 2. The number of carboxylic acid groups (broad SMARTS) is 1. The summed E-state index contributed by atoms with van der Waals surface area (Å²) in [5, 5.41) is 19.7. The minimum Gasteiger partial charge on any atom is -0.476 e. The van der Waals surface area contributed by atoms with Crippen LogP contribution in [0.4, 0.5) is 9.52 Å². The van der Waals surface area contributed by atoms with Gasteiger partial charge in [0.2, 0.25) is 0 Å². The molecule has 1 aliphatic heterocycles. The maximum Gasteiger partial charge on any atom is 0.355 e. The van der Waals surface area contributed by atoms with Gasteiger partial charge in [0.15, 0.2) is 10.8 Å². The van der Waals surface area contributed by atoms with Crippen molar-refractivity contribution in [1.29, 1.82) is 0 Å². The van der Waals surface area contributed by atoms with E-state index < -0.39 is 12.1 Å². The minimum atomic E-state index is -1.10. The number of carboxylic acids is 1. The zero-order valence-corrected chi connectivity index (χ0v) is 9.15. The van der Waals surface area contributed by atoms with Gasteiger partial charge in [-0.15, -0.1) is 11.3 Å². The fraction of sp³-hybridized carbons (Fsp3) is 0.556. The molecule has 1 aromatic rings. The molecule has 1 saturated heterocycles. The lowest BCUT2D eigenvalue weighted by Crippen LogP contribution is -2.32. The van der Waals surface area contributed by atoms with E-state index in [4.69, 9.17) is 10.2 Å². The lowest BCUT2D eigenvalue weighted by atomic mass is 10.2. The lowest BCUT2D eigenvalue weighted by molar-refractivity contribution is 0.0691. The highest BCUT2D eigenvalue weighted by Crippen LogP contribution is 2.29. The van der Waals surface area contributed by atoms with Crippen LogP contribution in [-0.2, 0) is 0 Å². The van der Waals surface area contributed by atoms with Gasteiger partial charge >= 0.3 is 5.97 Å². The molecule has 0 aliphatic carbocycles. The maximum absolute atomic E-state index is 13.2. The van der Waals surface area contributed by atoms with Crippen LogP contribution in [0.3, 0.4) is 0 Å². The number of thiazole rings is 1. The molecule has 0 bridgehead atoms. The number of rotatable bonds is 3. The second-order valence-electron chi connectivity index (χ2n) is 3.64. The van der Waals surface area contributed by atoms with Crippen LogP contribution < -0.4 is 4.90 Å². The number of aromatic carboxylic acids is 1. The molecule has 2 heterocycles. The molecule has 5 nitrogen and oxygen atoms in total. The van der Waals surface area contributed by atoms with Crippen molar-refractivity contribution in [2.45, 2.75) is 18.6 Å². The van der Waals surface area contributed by atoms with E-state index >= 15 is 0 Å². The van der Waals surface area contributed by atoms with Crippen LogP contribution in [0.5, 0.6) is 0 Å². The Kier molecular flexibility index (Phi) is 3.06. The van der Waals surface area contributed by atoms with Crippen LogP contribution in [0.2, 0.25) is 0 Å². The molecule has 88 valence electrons. The highest BCUT2D eigenvalue weighted by atomic mass is 32.1. The van der Waals surface area contributed by atoms with Gasteiger partial charge in [0, 0.05) is 11.8 Å². The Bertz CT molecular complexity index is 398. The van der Waals surface area contributed by atoms with Crippen molar-refractivity contribution in [2.75, 3.05) is 18.1 Å². The first-order chi connectivity index (χ1) is 7.61. The van der Waals surface area contributed by atoms with Crippen molar-refractivity contribution >= 4 is 22.4 Å². The number of aromatic nitrogens is 1. The van der Waals surface area contributed by atoms with Gasteiger partial charge in [0.05, 0.1) is 19.2 Å². The summed E-state index contributed by atoms with van der Waals surface area (Å²) in [6, 6.07) is -0.303. The van der Waals surface area contributed by atoms with Crippen LogP contribution in [0.25, 0.3) is 0 Å². The molecule has 1 fully saturated rings. The monoisotopic (exact) mass is 246 g/mol. The average Bonchev–Trinajstić information content (AvgIpc) is 2.82. The van der Waals surface area contributed by atoms with Gasteiger partial charge in [-0.2, -0.15) is 0 Å². The Morgan fingerprint density at radius 1 is 1.75 bits per heavy atom. The van der Waals surface area contributed by atoms with Crippen LogP contribution in [0.1, 0.15) is 16.9 Å². The summed E-state index contributed by atoms with van der Waals surface area (Å²) in [4.78, 5) is 16.2. The summed E-state index contributed by atoms with van der Waals surface area (Å²) in [7, 11) is 0. The molecule has 7 heteroatoms. The van der Waals surface area contributed by atoms with Gasteiger partial charge in [-0.3, -0.25) is 0 Å². The van der Waals surface area contributed by atoms with E-state index in [-0.39, 0.29) is 31.3 Å². The van der Waals surface area contributed by atoms with E-state index in [9.17, 15) is 9.18 Å². The fourth-order valence-corrected chi connectivity index (χ4v) is 2.64. The summed E-state index contributed by atoms with van der Waals surface area (Å²) in [6.45, 7) is 0.0141. The highest BCUT2D eigenvalue weighted by Gasteiger charge is 2.33. The minimum absolute atomic E-state index is 0.0426. The zero-order chi connectivity index (χ0) is 11.7. The van der Waals surface area contributed by atoms with Crippen molar-refractivity contribution in [1.82, 2.24) is 4.98 Å². The standard InChI is InChI=1S/C9H11FN2O3S/c10-5-1-6(3-13)12(2-5)9-11-7(4-16-9)8(14)15/h4-6,13H,1-3H2,(H,14,15)/t5-,6+/m0/s1. The SMILES string of the molecule is O=C(O)c1csc(N2C[C@@H](F)C[C@@H]2CO)n1. The quantitative estimate of drug-likeness (QED) is 0.823. The molecule has 0 aromatic carbocycles. The summed E-state index contributed by atoms with van der Waals surface area (Å²) >= 11 is 1.15. The molecule has 1 aromatic heterocycles. The predicted molar refractivity (Wildman–Crippen MR) is 56.8 cm³/mol. The Labute approximate surface area is 95.2 Å². The third-order valence-corrected chi connectivity index (χ3v) is 3.41. The number of anilines is 1. The molecule has 0 saturated carbocycles. The topological polar surface area (TPSA) is 73.7 Å². The number of alkyl halides is 1. The fourth-order valence-electron chi connectivity index (χ4n) is 1.76. The van der Waals surface area contributed by atoms with Crippen molar-refractivity contribution in [3.63, 3.8) is 0 Å². The van der Waals surface area contributed by atoms with Gasteiger partial charge in [-0.1, -0.05) is 0 Å². The first-order valence-corrected chi connectivity index (χ1v) is 5.70. The third-order valence-electron chi connectivity index (χ3n) is 2.53. The molecule has 2 rings (SSSR count). The number of hydrogen-bond acceptors (Lipinski definition) is 5. The van der Waals surface area contributed by atoms with Crippen molar-refractivity contribution in [3.05, 3.63) is 11.1 Å². The second-order valence-corrected chi connectivity index (χ2v) is 4.48. The van der Waals surface area contributed by atoms with Crippen LogP contribution in [-0.4, -0.2) is 46.5 Å². The Morgan fingerprint density at radius 2 is 2.50 bits per heavy atom. The molecule has 16 heavy (non-hydrogen) atoms. The van der Waals surface area contributed by atoms with Gasteiger partial charge in [-0.05, 0) is 0 Å². The van der Waals surface area contributed by atoms with Crippen molar-refractivity contribution < 1.29 is 19.4 Å². The normalized spacial score (nSPS) is 25.0. The largest absolute Gasteiger partial charge is 0.476 e. The Hall–Kier alpha value is -1.21. The second kappa shape index (κ2) is 4.34. The molecular weight excluding hydrogens is 235 g/mol. The van der Waals surface area contributed by atoms with E-state index in [0.29, 0.717) is 5.13 Å².